The number of rotatable bonds is 0. The molecule has 49 valence electrons. The molecule has 1 aliphatic rings. The Labute approximate surface area is 49.1 Å². The first-order valence-corrected chi connectivity index (χ1v) is 2.09. The lowest BCUT2D eigenvalue weighted by molar-refractivity contribution is 0.394. The second-order valence-electron chi connectivity index (χ2n) is 1.34. The topological polar surface area (TPSA) is 24.4 Å². The Kier molecular flexibility index (Phi) is 1.42. The van der Waals surface area contributed by atoms with Crippen molar-refractivity contribution >= 4 is 5.97 Å². The van der Waals surface area contributed by atoms with Gasteiger partial charge in [-0.3, -0.25) is 0 Å². The van der Waals surface area contributed by atoms with Gasteiger partial charge in [-0.2, -0.15) is 18.2 Å². The molecule has 0 aliphatic carbocycles. The van der Waals surface area contributed by atoms with Gasteiger partial charge in [0.2, 0.25) is 5.97 Å². The van der Waals surface area contributed by atoms with Crippen LogP contribution in [0.4, 0.5) is 13.2 Å². The van der Waals surface area contributed by atoms with E-state index >= 15 is 0 Å². The van der Waals surface area contributed by atoms with Crippen molar-refractivity contribution in [3.63, 3.8) is 0 Å². The van der Waals surface area contributed by atoms with Gasteiger partial charge < -0.3 is 5.32 Å². The van der Waals surface area contributed by atoms with Crippen LogP contribution in [0.1, 0.15) is 0 Å². The van der Waals surface area contributed by atoms with Crippen LogP contribution in [-0.4, -0.2) is 5.97 Å². The number of aliphatic imine (C=N–C) groups is 1. The lowest BCUT2D eigenvalue weighted by Crippen LogP contribution is -2.17. The SMILES string of the molecule is F[C]1N=C(F)C=C(F)N1. The lowest BCUT2D eigenvalue weighted by Gasteiger charge is -2.05. The molecule has 0 bridgehead atoms. The third-order valence-corrected chi connectivity index (χ3v) is 0.673. The molecule has 0 fully saturated rings. The van der Waals surface area contributed by atoms with Crippen LogP contribution in [0.5, 0.6) is 0 Å². The maximum atomic E-state index is 11.9. The highest BCUT2D eigenvalue weighted by molar-refractivity contribution is 5.88. The number of hydrogen-bond acceptors (Lipinski definition) is 2. The molecule has 1 radical (unpaired) electrons. The van der Waals surface area contributed by atoms with Crippen LogP contribution in [0.2, 0.25) is 0 Å². The Hall–Kier alpha value is -1.00. The minimum absolute atomic E-state index is 0.448. The largest absolute Gasteiger partial charge is 0.354 e. The van der Waals surface area contributed by atoms with E-state index in [0.29, 0.717) is 6.08 Å². The average molecular weight is 135 g/mol. The molecule has 0 amide bonds. The molecule has 0 aromatic carbocycles. The fourth-order valence-electron chi connectivity index (χ4n) is 0.393. The third-order valence-electron chi connectivity index (χ3n) is 0.673. The van der Waals surface area contributed by atoms with E-state index in [-0.39, 0.29) is 0 Å². The van der Waals surface area contributed by atoms with Crippen molar-refractivity contribution in [1.29, 1.82) is 0 Å². The third kappa shape index (κ3) is 1.45. The van der Waals surface area contributed by atoms with E-state index in [4.69, 9.17) is 0 Å². The molecule has 0 spiro atoms. The summed E-state index contributed by atoms with van der Waals surface area (Å²) in [6.07, 6.45) is -0.823. The molecular weight excluding hydrogens is 133 g/mol. The molecule has 1 rings (SSSR count). The molecule has 0 atom stereocenters. The molecule has 0 saturated carbocycles. The molecule has 5 heteroatoms. The van der Waals surface area contributed by atoms with E-state index < -0.39 is 18.3 Å². The molecule has 1 N–H and O–H groups in total. The van der Waals surface area contributed by atoms with Crippen molar-refractivity contribution < 1.29 is 13.2 Å². The summed E-state index contributed by atoms with van der Waals surface area (Å²) in [6.45, 7) is 0. The van der Waals surface area contributed by atoms with Gasteiger partial charge in [-0.05, 0) is 0 Å². The monoisotopic (exact) mass is 135 g/mol. The molecular formula is C4H2F3N2. The fourth-order valence-corrected chi connectivity index (χ4v) is 0.393. The van der Waals surface area contributed by atoms with Gasteiger partial charge >= 0.3 is 6.42 Å². The van der Waals surface area contributed by atoms with Gasteiger partial charge in [0.25, 0.3) is 0 Å². The Bertz CT molecular complexity index is 175. The van der Waals surface area contributed by atoms with E-state index in [1.54, 1.807) is 0 Å². The first-order chi connectivity index (χ1) is 4.18. The Morgan fingerprint density at radius 3 is 2.44 bits per heavy atom. The Morgan fingerprint density at radius 2 is 2.00 bits per heavy atom. The summed E-state index contributed by atoms with van der Waals surface area (Å²) in [5.74, 6) is -2.26. The molecule has 0 aromatic rings. The van der Waals surface area contributed by atoms with E-state index in [1.165, 1.54) is 5.32 Å². The summed E-state index contributed by atoms with van der Waals surface area (Å²) in [7, 11) is 0. The van der Waals surface area contributed by atoms with E-state index in [1.807, 2.05) is 0 Å². The molecule has 1 aliphatic heterocycles. The van der Waals surface area contributed by atoms with E-state index in [0.717, 1.165) is 0 Å². The van der Waals surface area contributed by atoms with Crippen LogP contribution in [-0.2, 0) is 0 Å². The van der Waals surface area contributed by atoms with Crippen LogP contribution < -0.4 is 5.32 Å². The first-order valence-electron chi connectivity index (χ1n) is 2.09. The summed E-state index contributed by atoms with van der Waals surface area (Å²) < 4.78 is 35.5. The van der Waals surface area contributed by atoms with Crippen LogP contribution in [0.3, 0.4) is 0 Å². The zero-order valence-electron chi connectivity index (χ0n) is 4.16. The number of nitrogens with zero attached hydrogens (tertiary/aromatic N) is 1. The summed E-state index contributed by atoms with van der Waals surface area (Å²) >= 11 is 0. The Morgan fingerprint density at radius 1 is 1.33 bits per heavy atom. The summed E-state index contributed by atoms with van der Waals surface area (Å²) in [5, 5.41) is 1.53. The maximum absolute atomic E-state index is 11.9. The second kappa shape index (κ2) is 2.08. The minimum Gasteiger partial charge on any atom is -0.305 e. The molecule has 0 aromatic heterocycles. The molecule has 2 nitrogen and oxygen atoms in total. The van der Waals surface area contributed by atoms with Crippen molar-refractivity contribution in [1.82, 2.24) is 5.32 Å². The van der Waals surface area contributed by atoms with Crippen LogP contribution in [0.15, 0.2) is 17.0 Å². The predicted octanol–water partition coefficient (Wildman–Crippen LogP) is 1.18. The van der Waals surface area contributed by atoms with Gasteiger partial charge in [-0.25, -0.2) is 0 Å². The van der Waals surface area contributed by atoms with E-state index in [2.05, 4.69) is 4.99 Å². The highest BCUT2D eigenvalue weighted by atomic mass is 19.2. The average Bonchev–Trinajstić information content (AvgIpc) is 1.59. The smallest absolute Gasteiger partial charge is 0.305 e. The first kappa shape index (κ1) is 6.12. The molecule has 0 unspecified atom stereocenters. The molecule has 9 heavy (non-hydrogen) atoms. The summed E-state index contributed by atoms with van der Waals surface area (Å²) in [6, 6.07) is 0. The number of allylic oxidation sites excluding steroid dienone is 1. The Balaban J connectivity index is 2.74. The van der Waals surface area contributed by atoms with Gasteiger partial charge in [-0.1, -0.05) is 0 Å². The lowest BCUT2D eigenvalue weighted by atomic mass is 10.5. The molecule has 0 saturated heterocycles. The molecule has 1 heterocycles. The standard InChI is InChI=1S/C4H2F3N2/c5-2-1-3(6)9-4(7)8-2/h1,8H. The predicted molar refractivity (Wildman–Crippen MR) is 25.2 cm³/mol. The van der Waals surface area contributed by atoms with Crippen molar-refractivity contribution in [2.75, 3.05) is 0 Å². The van der Waals surface area contributed by atoms with Gasteiger partial charge in [0.05, 0.1) is 0 Å². The van der Waals surface area contributed by atoms with Crippen molar-refractivity contribution in [2.45, 2.75) is 0 Å². The van der Waals surface area contributed by atoms with Crippen molar-refractivity contribution in [2.24, 2.45) is 4.99 Å². The highest BCUT2D eigenvalue weighted by Crippen LogP contribution is 2.10. The van der Waals surface area contributed by atoms with Gasteiger partial charge in [-0.15, -0.1) is 0 Å². The normalized spacial score (nSPS) is 20.3. The zero-order valence-corrected chi connectivity index (χ0v) is 4.16. The number of hydrogen-bond donors (Lipinski definition) is 1. The van der Waals surface area contributed by atoms with Crippen LogP contribution in [0, 0.1) is 6.42 Å². The van der Waals surface area contributed by atoms with Crippen molar-refractivity contribution in [3.05, 3.63) is 18.4 Å². The maximum Gasteiger partial charge on any atom is 0.354 e. The highest BCUT2D eigenvalue weighted by Gasteiger charge is 2.14. The number of nitrogens with one attached hydrogen (secondary N) is 1. The van der Waals surface area contributed by atoms with Crippen LogP contribution in [0.25, 0.3) is 0 Å². The minimum atomic E-state index is -1.27. The van der Waals surface area contributed by atoms with E-state index in [9.17, 15) is 13.2 Å². The fraction of sp³-hybridized carbons (Fsp3) is 0. The van der Waals surface area contributed by atoms with Gasteiger partial charge in [0.1, 0.15) is 0 Å². The van der Waals surface area contributed by atoms with Gasteiger partial charge in [0.15, 0.2) is 5.95 Å². The van der Waals surface area contributed by atoms with Crippen molar-refractivity contribution in [3.8, 4) is 0 Å². The summed E-state index contributed by atoms with van der Waals surface area (Å²) in [5.41, 5.74) is 0. The number of halogens is 3. The summed E-state index contributed by atoms with van der Waals surface area (Å²) in [4.78, 5) is 2.61. The zero-order chi connectivity index (χ0) is 6.85. The second-order valence-corrected chi connectivity index (χ2v) is 1.34. The quantitative estimate of drug-likeness (QED) is 0.495. The van der Waals surface area contributed by atoms with Crippen LogP contribution >= 0.6 is 0 Å². The van der Waals surface area contributed by atoms with Gasteiger partial charge in [0, 0.05) is 6.08 Å².